The summed E-state index contributed by atoms with van der Waals surface area (Å²) < 4.78 is 0. The van der Waals surface area contributed by atoms with Crippen LogP contribution in [0.5, 0.6) is 0 Å². The fraction of sp³-hybridized carbons (Fsp3) is 0.538. The van der Waals surface area contributed by atoms with Crippen LogP contribution in [0.25, 0.3) is 0 Å². The monoisotopic (exact) mass is 174 g/mol. The number of rotatable bonds is 0. The molecule has 0 radical (unpaired) electrons. The zero-order chi connectivity index (χ0) is 9.26. The second-order valence-electron chi connectivity index (χ2n) is 4.35. The molecule has 0 aromatic heterocycles. The summed E-state index contributed by atoms with van der Waals surface area (Å²) in [7, 11) is 0. The van der Waals surface area contributed by atoms with Crippen molar-refractivity contribution in [3.63, 3.8) is 0 Å². The summed E-state index contributed by atoms with van der Waals surface area (Å²) in [6.45, 7) is 4.60. The van der Waals surface area contributed by atoms with Gasteiger partial charge in [-0.3, -0.25) is 0 Å². The Kier molecular flexibility index (Phi) is 2.39. The minimum Gasteiger partial charge on any atom is -0.0776 e. The molecule has 2 aliphatic rings. The Morgan fingerprint density at radius 3 is 2.77 bits per heavy atom. The predicted molar refractivity (Wildman–Crippen MR) is 57.5 cm³/mol. The first kappa shape index (κ1) is 8.80. The normalized spacial score (nSPS) is 33.1. The molecule has 0 amide bonds. The number of allylic oxidation sites excluding steroid dienone is 6. The lowest BCUT2D eigenvalue weighted by Crippen LogP contribution is -2.06. The van der Waals surface area contributed by atoms with Crippen LogP contribution in [-0.2, 0) is 0 Å². The molecule has 2 rings (SSSR count). The van der Waals surface area contributed by atoms with E-state index in [0.717, 1.165) is 5.92 Å². The van der Waals surface area contributed by atoms with Crippen LogP contribution in [0.15, 0.2) is 35.5 Å². The van der Waals surface area contributed by atoms with Gasteiger partial charge in [0.15, 0.2) is 0 Å². The largest absolute Gasteiger partial charge is 0.0776 e. The molecule has 0 nitrogen and oxygen atoms in total. The van der Waals surface area contributed by atoms with Crippen molar-refractivity contribution >= 4 is 0 Å². The molecule has 0 saturated carbocycles. The fourth-order valence-corrected chi connectivity index (χ4v) is 2.25. The average molecular weight is 174 g/mol. The van der Waals surface area contributed by atoms with Gasteiger partial charge in [-0.15, -0.1) is 0 Å². The molecule has 0 saturated heterocycles. The third-order valence-corrected chi connectivity index (χ3v) is 3.17. The summed E-state index contributed by atoms with van der Waals surface area (Å²) >= 11 is 0. The first-order valence-electron chi connectivity index (χ1n) is 5.37. The van der Waals surface area contributed by atoms with Crippen LogP contribution in [0.3, 0.4) is 0 Å². The molecule has 0 bridgehead atoms. The molecule has 0 N–H and O–H groups in total. The van der Waals surface area contributed by atoms with E-state index in [0.29, 0.717) is 5.92 Å². The molecule has 2 unspecified atom stereocenters. The molecule has 0 aliphatic heterocycles. The molecule has 2 aliphatic carbocycles. The summed E-state index contributed by atoms with van der Waals surface area (Å²) in [5.74, 6) is 1.38. The van der Waals surface area contributed by atoms with Crippen LogP contribution < -0.4 is 0 Å². The lowest BCUT2D eigenvalue weighted by molar-refractivity contribution is 0.552. The van der Waals surface area contributed by atoms with Crippen LogP contribution in [0, 0.1) is 11.8 Å². The number of hydrogen-bond acceptors (Lipinski definition) is 0. The Morgan fingerprint density at radius 1 is 1.15 bits per heavy atom. The maximum Gasteiger partial charge on any atom is -0.00754 e. The van der Waals surface area contributed by atoms with Crippen LogP contribution >= 0.6 is 0 Å². The zero-order valence-electron chi connectivity index (χ0n) is 8.59. The third kappa shape index (κ3) is 1.77. The van der Waals surface area contributed by atoms with E-state index in [2.05, 4.69) is 38.2 Å². The average Bonchev–Trinajstić information content (AvgIpc) is 2.30. The van der Waals surface area contributed by atoms with Gasteiger partial charge in [-0.25, -0.2) is 0 Å². The van der Waals surface area contributed by atoms with Gasteiger partial charge >= 0.3 is 0 Å². The number of hydrogen-bond donors (Lipinski definition) is 0. The van der Waals surface area contributed by atoms with Gasteiger partial charge in [0.25, 0.3) is 0 Å². The predicted octanol–water partition coefficient (Wildman–Crippen LogP) is 3.87. The minimum atomic E-state index is 0.609. The molecule has 0 aromatic rings. The summed E-state index contributed by atoms with van der Waals surface area (Å²) in [5, 5.41) is 0. The van der Waals surface area contributed by atoms with E-state index in [1.165, 1.54) is 19.3 Å². The molecular weight excluding hydrogens is 156 g/mol. The molecule has 2 atom stereocenters. The molecular formula is C13H18. The Bertz CT molecular complexity index is 278. The Morgan fingerprint density at radius 2 is 1.92 bits per heavy atom. The first-order chi connectivity index (χ1) is 6.27. The van der Waals surface area contributed by atoms with Gasteiger partial charge in [0, 0.05) is 0 Å². The minimum absolute atomic E-state index is 0.609. The van der Waals surface area contributed by atoms with E-state index >= 15 is 0 Å². The van der Waals surface area contributed by atoms with Crippen LogP contribution in [-0.4, -0.2) is 0 Å². The molecule has 13 heavy (non-hydrogen) atoms. The zero-order valence-corrected chi connectivity index (χ0v) is 8.59. The van der Waals surface area contributed by atoms with Crippen LogP contribution in [0.1, 0.15) is 33.1 Å². The van der Waals surface area contributed by atoms with Gasteiger partial charge in [0.1, 0.15) is 0 Å². The van der Waals surface area contributed by atoms with E-state index in [1.807, 2.05) is 0 Å². The Balaban J connectivity index is 2.34. The third-order valence-electron chi connectivity index (χ3n) is 3.17. The maximum absolute atomic E-state index is 2.35. The van der Waals surface area contributed by atoms with Crippen molar-refractivity contribution in [2.45, 2.75) is 33.1 Å². The van der Waals surface area contributed by atoms with E-state index in [-0.39, 0.29) is 0 Å². The first-order valence-corrected chi connectivity index (χ1v) is 5.37. The molecule has 0 spiro atoms. The van der Waals surface area contributed by atoms with Gasteiger partial charge in [0.05, 0.1) is 0 Å². The molecule has 0 heterocycles. The highest BCUT2D eigenvalue weighted by atomic mass is 14.2. The van der Waals surface area contributed by atoms with Gasteiger partial charge in [0.2, 0.25) is 0 Å². The fourth-order valence-electron chi connectivity index (χ4n) is 2.25. The second kappa shape index (κ2) is 3.53. The van der Waals surface area contributed by atoms with E-state index in [4.69, 9.17) is 0 Å². The van der Waals surface area contributed by atoms with Gasteiger partial charge < -0.3 is 0 Å². The van der Waals surface area contributed by atoms with Crippen molar-refractivity contribution in [1.29, 1.82) is 0 Å². The quantitative estimate of drug-likeness (QED) is 0.523. The van der Waals surface area contributed by atoms with E-state index in [1.54, 1.807) is 11.1 Å². The summed E-state index contributed by atoms with van der Waals surface area (Å²) in [6, 6.07) is 0. The van der Waals surface area contributed by atoms with Gasteiger partial charge in [-0.1, -0.05) is 38.2 Å². The Labute approximate surface area is 81.0 Å². The summed E-state index contributed by atoms with van der Waals surface area (Å²) in [6.07, 6.45) is 13.3. The molecule has 0 fully saturated rings. The standard InChI is InChI=1S/C13H18/c1-10-6-8-12-5-3-4-11(2)13(12)9-7-10/h6-11H,3-5H2,1-2H3. The lowest BCUT2D eigenvalue weighted by atomic mass is 9.84. The molecule has 70 valence electrons. The van der Waals surface area contributed by atoms with Crippen molar-refractivity contribution in [1.82, 2.24) is 0 Å². The smallest absolute Gasteiger partial charge is 0.00754 e. The highest BCUT2D eigenvalue weighted by molar-refractivity contribution is 5.39. The van der Waals surface area contributed by atoms with Crippen LogP contribution in [0.2, 0.25) is 0 Å². The van der Waals surface area contributed by atoms with E-state index < -0.39 is 0 Å². The van der Waals surface area contributed by atoms with Crippen molar-refractivity contribution in [2.24, 2.45) is 11.8 Å². The van der Waals surface area contributed by atoms with Crippen molar-refractivity contribution in [3.8, 4) is 0 Å². The van der Waals surface area contributed by atoms with Gasteiger partial charge in [-0.2, -0.15) is 0 Å². The highest BCUT2D eigenvalue weighted by Gasteiger charge is 2.17. The van der Waals surface area contributed by atoms with Gasteiger partial charge in [-0.05, 0) is 42.2 Å². The lowest BCUT2D eigenvalue weighted by Gasteiger charge is -2.21. The summed E-state index contributed by atoms with van der Waals surface area (Å²) in [4.78, 5) is 0. The molecule has 0 aromatic carbocycles. The summed E-state index contributed by atoms with van der Waals surface area (Å²) in [5.41, 5.74) is 3.17. The Hall–Kier alpha value is -0.780. The topological polar surface area (TPSA) is 0 Å². The van der Waals surface area contributed by atoms with Crippen molar-refractivity contribution < 1.29 is 0 Å². The molecule has 0 heteroatoms. The second-order valence-corrected chi connectivity index (χ2v) is 4.35. The SMILES string of the molecule is CC1C=CC2=C(C=C1)C(C)CCC2. The van der Waals surface area contributed by atoms with Crippen molar-refractivity contribution in [2.75, 3.05) is 0 Å². The van der Waals surface area contributed by atoms with Crippen molar-refractivity contribution in [3.05, 3.63) is 35.5 Å². The maximum atomic E-state index is 2.35. The highest BCUT2D eigenvalue weighted by Crippen LogP contribution is 2.33. The van der Waals surface area contributed by atoms with Crippen LogP contribution in [0.4, 0.5) is 0 Å². The van der Waals surface area contributed by atoms with E-state index in [9.17, 15) is 0 Å².